The molecule has 2 rings (SSSR count). The van der Waals surface area contributed by atoms with Crippen LogP contribution in [-0.4, -0.2) is 29.7 Å². The summed E-state index contributed by atoms with van der Waals surface area (Å²) in [4.78, 5) is 13.8. The molecule has 1 atom stereocenters. The summed E-state index contributed by atoms with van der Waals surface area (Å²) in [6, 6.07) is 6.37. The van der Waals surface area contributed by atoms with Gasteiger partial charge < -0.3 is 15.4 Å². The first-order valence-electron chi connectivity index (χ1n) is 8.24. The molecule has 0 bridgehead atoms. The predicted octanol–water partition coefficient (Wildman–Crippen LogP) is 3.86. The van der Waals surface area contributed by atoms with Crippen molar-refractivity contribution in [1.29, 1.82) is 0 Å². The normalized spacial score (nSPS) is 17.9. The molecule has 128 valence electrons. The zero-order chi connectivity index (χ0) is 17.0. The van der Waals surface area contributed by atoms with Crippen molar-refractivity contribution in [3.05, 3.63) is 35.6 Å². The molecular formula is C18H27FN2O2. The standard InChI is InChI=1S/C18H27FN2O2/c1-18(2,3)23-17(22)21-10-8-13(9-11-21)12-16(20)14-6-4-5-7-15(14)19/h4-7,13,16H,8-12,20H2,1-3H3. The number of halogens is 1. The van der Waals surface area contributed by atoms with Gasteiger partial charge in [-0.3, -0.25) is 0 Å². The van der Waals surface area contributed by atoms with Gasteiger partial charge in [-0.1, -0.05) is 18.2 Å². The van der Waals surface area contributed by atoms with Crippen LogP contribution in [0.25, 0.3) is 0 Å². The number of carbonyl (C=O) groups excluding carboxylic acids is 1. The van der Waals surface area contributed by atoms with E-state index in [4.69, 9.17) is 10.5 Å². The summed E-state index contributed by atoms with van der Waals surface area (Å²) in [5.41, 5.74) is 6.26. The fourth-order valence-corrected chi connectivity index (χ4v) is 2.94. The van der Waals surface area contributed by atoms with E-state index in [1.807, 2.05) is 26.8 Å². The molecule has 0 aliphatic carbocycles. The summed E-state index contributed by atoms with van der Waals surface area (Å²) < 4.78 is 19.2. The summed E-state index contributed by atoms with van der Waals surface area (Å²) in [6.07, 6.45) is 2.24. The van der Waals surface area contributed by atoms with E-state index in [0.717, 1.165) is 19.3 Å². The minimum atomic E-state index is -0.471. The van der Waals surface area contributed by atoms with E-state index in [-0.39, 0.29) is 18.0 Å². The molecule has 0 spiro atoms. The van der Waals surface area contributed by atoms with Gasteiger partial charge >= 0.3 is 6.09 Å². The van der Waals surface area contributed by atoms with Gasteiger partial charge in [0, 0.05) is 24.7 Å². The Kier molecular flexibility index (Phi) is 5.63. The average Bonchev–Trinajstić information content (AvgIpc) is 2.46. The Hall–Kier alpha value is -1.62. The number of ether oxygens (including phenoxy) is 1. The molecule has 1 saturated heterocycles. The molecule has 4 nitrogen and oxygen atoms in total. The van der Waals surface area contributed by atoms with Crippen LogP contribution in [0.5, 0.6) is 0 Å². The molecule has 5 heteroatoms. The molecule has 2 N–H and O–H groups in total. The first-order chi connectivity index (χ1) is 10.8. The Balaban J connectivity index is 1.83. The van der Waals surface area contributed by atoms with Gasteiger partial charge in [-0.05, 0) is 52.0 Å². The smallest absolute Gasteiger partial charge is 0.410 e. The Morgan fingerprint density at radius 3 is 2.52 bits per heavy atom. The van der Waals surface area contributed by atoms with Crippen molar-refractivity contribution in [2.75, 3.05) is 13.1 Å². The van der Waals surface area contributed by atoms with Gasteiger partial charge in [-0.15, -0.1) is 0 Å². The third-order valence-corrected chi connectivity index (χ3v) is 4.16. The van der Waals surface area contributed by atoms with Gasteiger partial charge in [0.2, 0.25) is 0 Å². The van der Waals surface area contributed by atoms with Crippen molar-refractivity contribution >= 4 is 6.09 Å². The highest BCUT2D eigenvalue weighted by Gasteiger charge is 2.28. The Bertz CT molecular complexity index is 534. The van der Waals surface area contributed by atoms with Crippen molar-refractivity contribution in [2.45, 2.75) is 51.7 Å². The first kappa shape index (κ1) is 17.7. The quantitative estimate of drug-likeness (QED) is 0.919. The van der Waals surface area contributed by atoms with E-state index in [9.17, 15) is 9.18 Å². The van der Waals surface area contributed by atoms with E-state index in [0.29, 0.717) is 24.6 Å². The molecule has 0 saturated carbocycles. The van der Waals surface area contributed by atoms with Gasteiger partial charge in [0.25, 0.3) is 0 Å². The van der Waals surface area contributed by atoms with Gasteiger partial charge in [0.1, 0.15) is 11.4 Å². The lowest BCUT2D eigenvalue weighted by atomic mass is 9.88. The Morgan fingerprint density at radius 2 is 1.96 bits per heavy atom. The number of rotatable bonds is 3. The molecule has 1 aromatic rings. The zero-order valence-corrected chi connectivity index (χ0v) is 14.2. The number of carbonyl (C=O) groups is 1. The van der Waals surface area contributed by atoms with E-state index >= 15 is 0 Å². The minimum absolute atomic E-state index is 0.244. The maximum absolute atomic E-state index is 13.8. The number of hydrogen-bond acceptors (Lipinski definition) is 3. The fraction of sp³-hybridized carbons (Fsp3) is 0.611. The number of nitrogens with zero attached hydrogens (tertiary/aromatic N) is 1. The van der Waals surface area contributed by atoms with Crippen molar-refractivity contribution < 1.29 is 13.9 Å². The van der Waals surface area contributed by atoms with Crippen LogP contribution in [0, 0.1) is 11.7 Å². The fourth-order valence-electron chi connectivity index (χ4n) is 2.94. The number of amides is 1. The highest BCUT2D eigenvalue weighted by Crippen LogP contribution is 2.28. The highest BCUT2D eigenvalue weighted by molar-refractivity contribution is 5.68. The maximum Gasteiger partial charge on any atom is 0.410 e. The molecular weight excluding hydrogens is 295 g/mol. The molecule has 1 heterocycles. The van der Waals surface area contributed by atoms with E-state index in [1.54, 1.807) is 17.0 Å². The predicted molar refractivity (Wildman–Crippen MR) is 88.5 cm³/mol. The number of nitrogens with two attached hydrogens (primary N) is 1. The molecule has 0 aromatic heterocycles. The van der Waals surface area contributed by atoms with Crippen LogP contribution in [0.15, 0.2) is 24.3 Å². The molecule has 1 unspecified atom stereocenters. The van der Waals surface area contributed by atoms with Crippen LogP contribution in [0.4, 0.5) is 9.18 Å². The second kappa shape index (κ2) is 7.30. The van der Waals surface area contributed by atoms with E-state index in [2.05, 4.69) is 0 Å². The van der Waals surface area contributed by atoms with Crippen molar-refractivity contribution in [3.63, 3.8) is 0 Å². The lowest BCUT2D eigenvalue weighted by Crippen LogP contribution is -2.42. The van der Waals surface area contributed by atoms with Gasteiger partial charge in [-0.2, -0.15) is 0 Å². The second-order valence-corrected chi connectivity index (χ2v) is 7.27. The minimum Gasteiger partial charge on any atom is -0.444 e. The molecule has 23 heavy (non-hydrogen) atoms. The third kappa shape index (κ3) is 5.20. The van der Waals surface area contributed by atoms with E-state index < -0.39 is 5.60 Å². The van der Waals surface area contributed by atoms with Crippen LogP contribution < -0.4 is 5.73 Å². The van der Waals surface area contributed by atoms with Gasteiger partial charge in [0.05, 0.1) is 0 Å². The monoisotopic (exact) mass is 322 g/mol. The highest BCUT2D eigenvalue weighted by atomic mass is 19.1. The maximum atomic E-state index is 13.8. The lowest BCUT2D eigenvalue weighted by Gasteiger charge is -2.34. The molecule has 0 radical (unpaired) electrons. The second-order valence-electron chi connectivity index (χ2n) is 7.27. The van der Waals surface area contributed by atoms with Gasteiger partial charge in [-0.25, -0.2) is 9.18 Å². The molecule has 1 aromatic carbocycles. The van der Waals surface area contributed by atoms with Crippen LogP contribution in [-0.2, 0) is 4.74 Å². The van der Waals surface area contributed by atoms with E-state index in [1.165, 1.54) is 6.07 Å². The SMILES string of the molecule is CC(C)(C)OC(=O)N1CCC(CC(N)c2ccccc2F)CC1. The van der Waals surface area contributed by atoms with Gasteiger partial charge in [0.15, 0.2) is 0 Å². The molecule has 1 amide bonds. The number of hydrogen-bond donors (Lipinski definition) is 1. The number of benzene rings is 1. The summed E-state index contributed by atoms with van der Waals surface area (Å²) >= 11 is 0. The van der Waals surface area contributed by atoms with Crippen molar-refractivity contribution in [1.82, 2.24) is 4.90 Å². The number of likely N-dealkylation sites (tertiary alicyclic amines) is 1. The average molecular weight is 322 g/mol. The summed E-state index contributed by atoms with van der Waals surface area (Å²) in [5.74, 6) is 0.162. The summed E-state index contributed by atoms with van der Waals surface area (Å²) in [6.45, 7) is 6.94. The first-order valence-corrected chi connectivity index (χ1v) is 8.24. The molecule has 1 fully saturated rings. The topological polar surface area (TPSA) is 55.6 Å². The summed E-state index contributed by atoms with van der Waals surface area (Å²) in [5, 5.41) is 0. The van der Waals surface area contributed by atoms with Crippen LogP contribution in [0.3, 0.4) is 0 Å². The summed E-state index contributed by atoms with van der Waals surface area (Å²) in [7, 11) is 0. The number of piperidine rings is 1. The Labute approximate surface area is 137 Å². The van der Waals surface area contributed by atoms with Crippen molar-refractivity contribution in [3.8, 4) is 0 Å². The van der Waals surface area contributed by atoms with Crippen molar-refractivity contribution in [2.24, 2.45) is 11.7 Å². The largest absolute Gasteiger partial charge is 0.444 e. The lowest BCUT2D eigenvalue weighted by molar-refractivity contribution is 0.0179. The zero-order valence-electron chi connectivity index (χ0n) is 14.2. The molecule has 1 aliphatic rings. The van der Waals surface area contributed by atoms with Crippen LogP contribution >= 0.6 is 0 Å². The molecule has 1 aliphatic heterocycles. The Morgan fingerprint density at radius 1 is 1.35 bits per heavy atom. The third-order valence-electron chi connectivity index (χ3n) is 4.16. The van der Waals surface area contributed by atoms with Crippen LogP contribution in [0.1, 0.15) is 51.6 Å². The van der Waals surface area contributed by atoms with Crippen LogP contribution in [0.2, 0.25) is 0 Å².